The molecule has 0 spiro atoms. The number of hydrogen-bond acceptors (Lipinski definition) is 2. The molecular formula is C18H26ClNO. The highest BCUT2D eigenvalue weighted by molar-refractivity contribution is 6.30. The van der Waals surface area contributed by atoms with Crippen molar-refractivity contribution in [3.8, 4) is 0 Å². The topological polar surface area (TPSA) is 23.5 Å². The molecule has 0 bridgehead atoms. The zero-order valence-electron chi connectivity index (χ0n) is 13.3. The van der Waals surface area contributed by atoms with Crippen LogP contribution in [0.3, 0.4) is 0 Å². The maximum atomic E-state index is 9.74. The zero-order chi connectivity index (χ0) is 15.6. The third kappa shape index (κ3) is 4.32. The van der Waals surface area contributed by atoms with Gasteiger partial charge < -0.3 is 5.11 Å². The van der Waals surface area contributed by atoms with E-state index >= 15 is 0 Å². The summed E-state index contributed by atoms with van der Waals surface area (Å²) in [6, 6.07) is 8.07. The Morgan fingerprint density at radius 3 is 2.48 bits per heavy atom. The van der Waals surface area contributed by atoms with Crippen LogP contribution in [0, 0.1) is 5.41 Å². The average molecular weight is 308 g/mol. The molecule has 2 nitrogen and oxygen atoms in total. The summed E-state index contributed by atoms with van der Waals surface area (Å²) in [5.74, 6) is 0.271. The molecular weight excluding hydrogens is 282 g/mol. The summed E-state index contributed by atoms with van der Waals surface area (Å²) in [7, 11) is 0. The van der Waals surface area contributed by atoms with E-state index in [9.17, 15) is 5.11 Å². The van der Waals surface area contributed by atoms with Crippen molar-refractivity contribution in [1.82, 2.24) is 4.90 Å². The Kier molecular flexibility index (Phi) is 5.13. The predicted octanol–water partition coefficient (Wildman–Crippen LogP) is 4.09. The molecule has 116 valence electrons. The van der Waals surface area contributed by atoms with Crippen LogP contribution in [0.15, 0.2) is 36.4 Å². The van der Waals surface area contributed by atoms with Gasteiger partial charge in [-0.1, -0.05) is 56.7 Å². The number of rotatable bonds is 4. The summed E-state index contributed by atoms with van der Waals surface area (Å²) in [5.41, 5.74) is 2.54. The van der Waals surface area contributed by atoms with Crippen molar-refractivity contribution < 1.29 is 5.11 Å². The van der Waals surface area contributed by atoms with Gasteiger partial charge in [0, 0.05) is 30.6 Å². The molecule has 1 unspecified atom stereocenters. The van der Waals surface area contributed by atoms with Gasteiger partial charge in [-0.25, -0.2) is 0 Å². The number of aliphatic hydroxyl groups is 1. The minimum absolute atomic E-state index is 0.0582. The fourth-order valence-corrected chi connectivity index (χ4v) is 3.00. The van der Waals surface area contributed by atoms with E-state index in [0.717, 1.165) is 31.1 Å². The number of nitrogens with zero attached hydrogens (tertiary/aromatic N) is 1. The van der Waals surface area contributed by atoms with Gasteiger partial charge in [0.05, 0.1) is 6.10 Å². The van der Waals surface area contributed by atoms with Gasteiger partial charge in [-0.05, 0) is 29.5 Å². The average Bonchev–Trinajstić information content (AvgIpc) is 2.81. The van der Waals surface area contributed by atoms with Crippen molar-refractivity contribution in [1.29, 1.82) is 0 Å². The van der Waals surface area contributed by atoms with Crippen LogP contribution in [0.1, 0.15) is 38.7 Å². The van der Waals surface area contributed by atoms with Crippen LogP contribution in [-0.2, 0) is 0 Å². The molecule has 1 aromatic rings. The molecule has 1 fully saturated rings. The molecule has 1 N–H and O–H groups in total. The van der Waals surface area contributed by atoms with E-state index in [4.69, 9.17) is 11.6 Å². The van der Waals surface area contributed by atoms with Crippen molar-refractivity contribution in [3.63, 3.8) is 0 Å². The van der Waals surface area contributed by atoms with E-state index in [-0.39, 0.29) is 17.4 Å². The van der Waals surface area contributed by atoms with Gasteiger partial charge in [-0.2, -0.15) is 0 Å². The molecule has 0 radical (unpaired) electrons. The fraction of sp³-hybridized carbons (Fsp3) is 0.556. The lowest BCUT2D eigenvalue weighted by atomic mass is 9.76. The number of β-amino-alcohol motifs (C(OH)–C–C–N with tert-alkyl or cyclic N) is 1. The molecule has 0 saturated carbocycles. The summed E-state index contributed by atoms with van der Waals surface area (Å²) in [4.78, 5) is 2.33. The van der Waals surface area contributed by atoms with Crippen LogP contribution >= 0.6 is 11.6 Å². The zero-order valence-corrected chi connectivity index (χ0v) is 14.0. The maximum absolute atomic E-state index is 9.74. The predicted molar refractivity (Wildman–Crippen MR) is 89.9 cm³/mol. The lowest BCUT2D eigenvalue weighted by Crippen LogP contribution is -2.30. The van der Waals surface area contributed by atoms with E-state index in [0.29, 0.717) is 0 Å². The maximum Gasteiger partial charge on any atom is 0.0679 e. The highest BCUT2D eigenvalue weighted by atomic mass is 35.5. The summed E-state index contributed by atoms with van der Waals surface area (Å²) in [6.07, 6.45) is 0.689. The normalized spacial score (nSPS) is 21.5. The summed E-state index contributed by atoms with van der Waals surface area (Å²) in [6.45, 7) is 13.6. The van der Waals surface area contributed by atoms with Crippen LogP contribution in [0.4, 0.5) is 0 Å². The number of aliphatic hydroxyl groups excluding tert-OH is 1. The van der Waals surface area contributed by atoms with Crippen LogP contribution in [-0.4, -0.2) is 35.7 Å². The van der Waals surface area contributed by atoms with Gasteiger partial charge in [0.15, 0.2) is 0 Å². The molecule has 2 rings (SSSR count). The van der Waals surface area contributed by atoms with Crippen LogP contribution in [0.25, 0.3) is 0 Å². The van der Waals surface area contributed by atoms with Crippen molar-refractivity contribution in [2.45, 2.75) is 39.2 Å². The van der Waals surface area contributed by atoms with Crippen LogP contribution < -0.4 is 0 Å². The molecule has 3 heteroatoms. The lowest BCUT2D eigenvalue weighted by molar-refractivity contribution is 0.174. The Hall–Kier alpha value is -0.830. The second-order valence-corrected chi connectivity index (χ2v) is 7.52. The number of halogens is 1. The molecule has 0 aliphatic carbocycles. The van der Waals surface area contributed by atoms with E-state index in [1.165, 1.54) is 11.1 Å². The Bertz CT molecular complexity index is 489. The molecule has 1 aromatic carbocycles. The first-order valence-electron chi connectivity index (χ1n) is 7.62. The van der Waals surface area contributed by atoms with Gasteiger partial charge in [-0.3, -0.25) is 4.90 Å². The standard InChI is InChI=1S/C18H26ClNO/c1-13(18(2,3)4)17(12-20-10-9-16(21)11-20)14-5-7-15(19)8-6-14/h5-8,16-17,21H,1,9-12H2,2-4H3/t16-,17?/m1/s1. The van der Waals surface area contributed by atoms with Crippen LogP contribution in [0.5, 0.6) is 0 Å². The summed E-state index contributed by atoms with van der Waals surface area (Å²) < 4.78 is 0. The first kappa shape index (κ1) is 16.5. The highest BCUT2D eigenvalue weighted by Crippen LogP contribution is 2.37. The third-order valence-electron chi connectivity index (χ3n) is 4.34. The third-order valence-corrected chi connectivity index (χ3v) is 4.60. The molecule has 1 aliphatic rings. The monoisotopic (exact) mass is 307 g/mol. The minimum atomic E-state index is -0.182. The molecule has 2 atom stereocenters. The van der Waals surface area contributed by atoms with Gasteiger partial charge in [0.25, 0.3) is 0 Å². The molecule has 0 aromatic heterocycles. The quantitative estimate of drug-likeness (QED) is 0.847. The van der Waals surface area contributed by atoms with Gasteiger partial charge >= 0.3 is 0 Å². The van der Waals surface area contributed by atoms with E-state index < -0.39 is 0 Å². The Labute approximate surface area is 133 Å². The Morgan fingerprint density at radius 1 is 1.38 bits per heavy atom. The van der Waals surface area contributed by atoms with Gasteiger partial charge in [-0.15, -0.1) is 0 Å². The van der Waals surface area contributed by atoms with Crippen molar-refractivity contribution in [2.75, 3.05) is 19.6 Å². The largest absolute Gasteiger partial charge is 0.392 e. The second-order valence-electron chi connectivity index (χ2n) is 7.08. The van der Waals surface area contributed by atoms with Gasteiger partial charge in [0.2, 0.25) is 0 Å². The fourth-order valence-electron chi connectivity index (χ4n) is 2.87. The smallest absolute Gasteiger partial charge is 0.0679 e. The Balaban J connectivity index is 2.21. The first-order chi connectivity index (χ1) is 9.77. The van der Waals surface area contributed by atoms with Gasteiger partial charge in [0.1, 0.15) is 0 Å². The van der Waals surface area contributed by atoms with Crippen molar-refractivity contribution in [3.05, 3.63) is 47.0 Å². The summed E-state index contributed by atoms with van der Waals surface area (Å²) in [5, 5.41) is 10.5. The van der Waals surface area contributed by atoms with E-state index in [1.807, 2.05) is 12.1 Å². The summed E-state index contributed by atoms with van der Waals surface area (Å²) >= 11 is 6.01. The molecule has 21 heavy (non-hydrogen) atoms. The van der Waals surface area contributed by atoms with E-state index in [1.54, 1.807) is 0 Å². The first-order valence-corrected chi connectivity index (χ1v) is 8.00. The van der Waals surface area contributed by atoms with Crippen molar-refractivity contribution in [2.24, 2.45) is 5.41 Å². The van der Waals surface area contributed by atoms with Crippen LogP contribution in [0.2, 0.25) is 5.02 Å². The van der Waals surface area contributed by atoms with E-state index in [2.05, 4.69) is 44.4 Å². The SMILES string of the molecule is C=C(C(CN1CC[C@@H](O)C1)c1ccc(Cl)cc1)C(C)(C)C. The molecule has 1 heterocycles. The number of benzene rings is 1. The molecule has 1 saturated heterocycles. The van der Waals surface area contributed by atoms with Crippen molar-refractivity contribution >= 4 is 11.6 Å². The Morgan fingerprint density at radius 2 is 2.00 bits per heavy atom. The lowest BCUT2D eigenvalue weighted by Gasteiger charge is -2.33. The highest BCUT2D eigenvalue weighted by Gasteiger charge is 2.29. The number of hydrogen-bond donors (Lipinski definition) is 1. The second kappa shape index (κ2) is 6.51. The number of likely N-dealkylation sites (tertiary alicyclic amines) is 1. The minimum Gasteiger partial charge on any atom is -0.392 e. The molecule has 1 aliphatic heterocycles. The molecule has 0 amide bonds.